The van der Waals surface area contributed by atoms with Gasteiger partial charge in [-0.15, -0.1) is 12.6 Å². The van der Waals surface area contributed by atoms with Crippen molar-refractivity contribution in [2.75, 3.05) is 6.54 Å². The lowest BCUT2D eigenvalue weighted by atomic mass is 10.1. The largest absolute Gasteiger partial charge is 0.386 e. The van der Waals surface area contributed by atoms with Gasteiger partial charge >= 0.3 is 0 Å². The van der Waals surface area contributed by atoms with Crippen LogP contribution in [0.3, 0.4) is 0 Å². The van der Waals surface area contributed by atoms with Crippen LogP contribution in [0, 0.1) is 12.3 Å². The summed E-state index contributed by atoms with van der Waals surface area (Å²) in [6.45, 7) is 4.17. The van der Waals surface area contributed by atoms with E-state index in [0.29, 0.717) is 0 Å². The summed E-state index contributed by atoms with van der Waals surface area (Å²) in [6, 6.07) is 5.94. The van der Waals surface area contributed by atoms with E-state index in [1.165, 1.54) is 0 Å². The van der Waals surface area contributed by atoms with Crippen LogP contribution in [0.2, 0.25) is 0 Å². The van der Waals surface area contributed by atoms with E-state index in [2.05, 4.69) is 17.6 Å². The average molecular weight is 221 g/mol. The van der Waals surface area contributed by atoms with E-state index < -0.39 is 0 Å². The predicted molar refractivity (Wildman–Crippen MR) is 67.4 cm³/mol. The Hall–Kier alpha value is -1.29. The Morgan fingerprint density at radius 3 is 2.73 bits per heavy atom. The molecule has 0 radical (unpaired) electrons. The Morgan fingerprint density at radius 1 is 1.53 bits per heavy atom. The van der Waals surface area contributed by atoms with Crippen molar-refractivity contribution in [2.45, 2.75) is 18.7 Å². The molecule has 0 saturated heterocycles. The maximum atomic E-state index is 7.08. The van der Waals surface area contributed by atoms with Crippen LogP contribution in [0.1, 0.15) is 18.1 Å². The molecule has 15 heavy (non-hydrogen) atoms. The van der Waals surface area contributed by atoms with Crippen molar-refractivity contribution in [3.8, 4) is 0 Å². The van der Waals surface area contributed by atoms with Gasteiger partial charge in [0.05, 0.1) is 6.54 Å². The summed E-state index contributed by atoms with van der Waals surface area (Å²) < 4.78 is 0. The van der Waals surface area contributed by atoms with Crippen molar-refractivity contribution in [3.05, 3.63) is 29.3 Å². The first kappa shape index (κ1) is 11.8. The highest BCUT2D eigenvalue weighted by molar-refractivity contribution is 7.80. The van der Waals surface area contributed by atoms with Crippen molar-refractivity contribution in [1.82, 2.24) is 0 Å². The van der Waals surface area contributed by atoms with E-state index in [0.717, 1.165) is 21.7 Å². The summed E-state index contributed by atoms with van der Waals surface area (Å²) in [7, 11) is 0. The van der Waals surface area contributed by atoms with E-state index in [4.69, 9.17) is 11.1 Å². The smallest absolute Gasteiger partial charge is 0.113 e. The van der Waals surface area contributed by atoms with Crippen LogP contribution >= 0.6 is 12.6 Å². The highest BCUT2D eigenvalue weighted by Gasteiger charge is 2.00. The summed E-state index contributed by atoms with van der Waals surface area (Å²) in [5, 5.41) is 7.08. The second-order valence-corrected chi connectivity index (χ2v) is 3.91. The molecular weight excluding hydrogens is 206 g/mol. The lowest BCUT2D eigenvalue weighted by Gasteiger charge is -2.04. The number of thiol groups is 1. The summed E-state index contributed by atoms with van der Waals surface area (Å²) in [4.78, 5) is 5.18. The second kappa shape index (κ2) is 4.98. The lowest BCUT2D eigenvalue weighted by Crippen LogP contribution is -2.14. The lowest BCUT2D eigenvalue weighted by molar-refractivity contribution is 1.22. The summed E-state index contributed by atoms with van der Waals surface area (Å²) in [5.74, 6) is 0.0805. The van der Waals surface area contributed by atoms with Crippen molar-refractivity contribution in [1.29, 1.82) is 5.41 Å². The molecule has 0 heterocycles. The molecule has 0 spiro atoms. The minimum absolute atomic E-state index is 0.0805. The Bertz CT molecular complexity index is 410. The number of amidine groups is 1. The zero-order chi connectivity index (χ0) is 11.4. The molecule has 0 atom stereocenters. The van der Waals surface area contributed by atoms with Crippen molar-refractivity contribution in [2.24, 2.45) is 10.7 Å². The van der Waals surface area contributed by atoms with Crippen LogP contribution in [0.25, 0.3) is 0 Å². The SMILES string of the molecule is CC(=NCC(=N)N)c1ccc(S)c(C)c1. The number of hydrogen-bond donors (Lipinski definition) is 3. The van der Waals surface area contributed by atoms with Crippen LogP contribution in [-0.2, 0) is 0 Å². The first-order valence-electron chi connectivity index (χ1n) is 4.64. The minimum Gasteiger partial charge on any atom is -0.386 e. The molecule has 0 saturated carbocycles. The number of rotatable bonds is 3. The van der Waals surface area contributed by atoms with Gasteiger partial charge in [0.1, 0.15) is 5.84 Å². The van der Waals surface area contributed by atoms with Crippen LogP contribution in [0.5, 0.6) is 0 Å². The zero-order valence-electron chi connectivity index (χ0n) is 8.91. The predicted octanol–water partition coefficient (Wildman–Crippen LogP) is 2.03. The summed E-state index contributed by atoms with van der Waals surface area (Å²) >= 11 is 4.30. The van der Waals surface area contributed by atoms with Crippen molar-refractivity contribution in [3.63, 3.8) is 0 Å². The van der Waals surface area contributed by atoms with E-state index >= 15 is 0 Å². The second-order valence-electron chi connectivity index (χ2n) is 3.43. The number of hydrogen-bond acceptors (Lipinski definition) is 3. The quantitative estimate of drug-likeness (QED) is 0.408. The Kier molecular flexibility index (Phi) is 3.91. The topological polar surface area (TPSA) is 62.2 Å². The molecule has 80 valence electrons. The number of nitrogens with zero attached hydrogens (tertiary/aromatic N) is 1. The third-order valence-corrected chi connectivity index (χ3v) is 2.60. The molecule has 0 aromatic heterocycles. The van der Waals surface area contributed by atoms with Crippen LogP contribution in [-0.4, -0.2) is 18.1 Å². The fourth-order valence-corrected chi connectivity index (χ4v) is 1.31. The van der Waals surface area contributed by atoms with E-state index in [1.54, 1.807) is 0 Å². The van der Waals surface area contributed by atoms with Crippen LogP contribution < -0.4 is 5.73 Å². The first-order chi connectivity index (χ1) is 7.00. The number of nitrogens with two attached hydrogens (primary N) is 1. The summed E-state index contributed by atoms with van der Waals surface area (Å²) in [5.41, 5.74) is 8.29. The fraction of sp³-hybridized carbons (Fsp3) is 0.273. The zero-order valence-corrected chi connectivity index (χ0v) is 9.81. The van der Waals surface area contributed by atoms with Gasteiger partial charge in [-0.2, -0.15) is 0 Å². The molecule has 0 fully saturated rings. The first-order valence-corrected chi connectivity index (χ1v) is 5.09. The average Bonchev–Trinajstić information content (AvgIpc) is 2.18. The Labute approximate surface area is 95.3 Å². The van der Waals surface area contributed by atoms with Gasteiger partial charge in [0, 0.05) is 10.6 Å². The molecular formula is C11H15N3S. The van der Waals surface area contributed by atoms with Gasteiger partial charge < -0.3 is 5.73 Å². The number of nitrogens with one attached hydrogen (secondary N) is 1. The molecule has 0 aliphatic heterocycles. The van der Waals surface area contributed by atoms with Gasteiger partial charge in [0.2, 0.25) is 0 Å². The molecule has 0 aliphatic carbocycles. The molecule has 3 N–H and O–H groups in total. The van der Waals surface area contributed by atoms with E-state index in [9.17, 15) is 0 Å². The third-order valence-electron chi connectivity index (χ3n) is 2.10. The molecule has 0 amide bonds. The molecule has 1 rings (SSSR count). The Morgan fingerprint density at radius 2 is 2.20 bits per heavy atom. The standard InChI is InChI=1S/C11H15N3S/c1-7-5-9(3-4-10(7)15)8(2)14-6-11(12)13/h3-5,15H,6H2,1-2H3,(H3,12,13). The monoisotopic (exact) mass is 221 g/mol. The highest BCUT2D eigenvalue weighted by Crippen LogP contribution is 2.15. The van der Waals surface area contributed by atoms with Gasteiger partial charge in [-0.1, -0.05) is 6.07 Å². The minimum atomic E-state index is 0.0805. The summed E-state index contributed by atoms with van der Waals surface area (Å²) in [6.07, 6.45) is 0. The van der Waals surface area contributed by atoms with Gasteiger partial charge in [0.15, 0.2) is 0 Å². The van der Waals surface area contributed by atoms with Crippen molar-refractivity contribution < 1.29 is 0 Å². The molecule has 4 heteroatoms. The maximum Gasteiger partial charge on any atom is 0.113 e. The third kappa shape index (κ3) is 3.40. The molecule has 0 unspecified atom stereocenters. The molecule has 0 bridgehead atoms. The van der Waals surface area contributed by atoms with Crippen molar-refractivity contribution >= 4 is 24.2 Å². The van der Waals surface area contributed by atoms with Crippen LogP contribution in [0.4, 0.5) is 0 Å². The highest BCUT2D eigenvalue weighted by atomic mass is 32.1. The van der Waals surface area contributed by atoms with Crippen LogP contribution in [0.15, 0.2) is 28.1 Å². The number of benzene rings is 1. The maximum absolute atomic E-state index is 7.08. The molecule has 0 aliphatic rings. The van der Waals surface area contributed by atoms with Gasteiger partial charge in [-0.3, -0.25) is 10.4 Å². The number of aryl methyl sites for hydroxylation is 1. The molecule has 1 aromatic rings. The van der Waals surface area contributed by atoms with E-state index in [-0.39, 0.29) is 12.4 Å². The number of aliphatic imine (C=N–C) groups is 1. The molecule has 3 nitrogen and oxygen atoms in total. The van der Waals surface area contributed by atoms with Gasteiger partial charge in [-0.25, -0.2) is 0 Å². The fourth-order valence-electron chi connectivity index (χ4n) is 1.18. The normalized spacial score (nSPS) is 11.5. The Balaban J connectivity index is 2.91. The van der Waals surface area contributed by atoms with Gasteiger partial charge in [-0.05, 0) is 37.1 Å². The van der Waals surface area contributed by atoms with Gasteiger partial charge in [0.25, 0.3) is 0 Å². The molecule has 1 aromatic carbocycles. The van der Waals surface area contributed by atoms with E-state index in [1.807, 2.05) is 32.0 Å².